The van der Waals surface area contributed by atoms with E-state index in [0.717, 1.165) is 12.0 Å². The fourth-order valence-electron chi connectivity index (χ4n) is 1.97. The molecule has 0 unspecified atom stereocenters. The molecule has 5 heteroatoms. The van der Waals surface area contributed by atoms with Crippen LogP contribution < -0.4 is 5.32 Å². The fraction of sp³-hybridized carbons (Fsp3) is 0.417. The van der Waals surface area contributed by atoms with Crippen molar-refractivity contribution in [2.75, 3.05) is 11.1 Å². The number of rotatable bonds is 2. The molecule has 0 aliphatic carbocycles. The Balaban J connectivity index is 2.35. The first-order valence-electron chi connectivity index (χ1n) is 5.68. The summed E-state index contributed by atoms with van der Waals surface area (Å²) in [6.07, 6.45) is 1.82. The highest BCUT2D eigenvalue weighted by Gasteiger charge is 2.23. The lowest BCUT2D eigenvalue weighted by molar-refractivity contribution is -0.115. The number of hydrogen-bond donors (Lipinski definition) is 1. The summed E-state index contributed by atoms with van der Waals surface area (Å²) in [5, 5.41) is 2.74. The molecule has 2 rings (SSSR count). The number of carbonyl (C=O) groups excluding carboxylic acids is 1. The van der Waals surface area contributed by atoms with Crippen LogP contribution >= 0.6 is 0 Å². The molecule has 92 valence electrons. The number of benzene rings is 1. The van der Waals surface area contributed by atoms with Crippen LogP contribution in [0, 0.1) is 0 Å². The summed E-state index contributed by atoms with van der Waals surface area (Å²) in [6.45, 7) is 1.78. The maximum atomic E-state index is 11.8. The van der Waals surface area contributed by atoms with Crippen LogP contribution in [0.15, 0.2) is 23.1 Å². The van der Waals surface area contributed by atoms with Crippen LogP contribution in [-0.2, 0) is 21.1 Å². The van der Waals surface area contributed by atoms with Gasteiger partial charge >= 0.3 is 0 Å². The molecule has 0 saturated carbocycles. The number of nitrogens with one attached hydrogen (secondary N) is 1. The maximum absolute atomic E-state index is 11.8. The number of amides is 1. The van der Waals surface area contributed by atoms with E-state index in [0.29, 0.717) is 23.4 Å². The van der Waals surface area contributed by atoms with Gasteiger partial charge in [0.15, 0.2) is 9.84 Å². The molecular formula is C12H15NO3S. The monoisotopic (exact) mass is 253 g/mol. The Morgan fingerprint density at radius 2 is 2.18 bits per heavy atom. The Labute approximate surface area is 101 Å². The molecule has 0 fully saturated rings. The van der Waals surface area contributed by atoms with Gasteiger partial charge in [0.1, 0.15) is 0 Å². The second kappa shape index (κ2) is 4.49. The third kappa shape index (κ3) is 2.49. The highest BCUT2D eigenvalue weighted by molar-refractivity contribution is 7.91. The number of anilines is 1. The predicted octanol–water partition coefficient (Wildman–Crippen LogP) is 1.75. The van der Waals surface area contributed by atoms with E-state index in [4.69, 9.17) is 0 Å². The van der Waals surface area contributed by atoms with E-state index in [1.165, 1.54) is 0 Å². The molecule has 0 atom stereocenters. The first-order valence-corrected chi connectivity index (χ1v) is 7.33. The van der Waals surface area contributed by atoms with Gasteiger partial charge in [-0.05, 0) is 36.6 Å². The minimum atomic E-state index is -3.11. The third-order valence-corrected chi connectivity index (χ3v) is 4.75. The Morgan fingerprint density at radius 3 is 2.88 bits per heavy atom. The molecule has 1 N–H and O–H groups in total. The van der Waals surface area contributed by atoms with E-state index in [1.807, 2.05) is 0 Å². The molecule has 4 nitrogen and oxygen atoms in total. The van der Waals surface area contributed by atoms with Gasteiger partial charge in [-0.3, -0.25) is 4.79 Å². The summed E-state index contributed by atoms with van der Waals surface area (Å²) < 4.78 is 23.6. The van der Waals surface area contributed by atoms with Gasteiger partial charge in [-0.1, -0.05) is 6.92 Å². The SMILES string of the molecule is CCC(=O)Nc1ccc2c(c1)CCCS2(=O)=O. The molecule has 1 amide bonds. The highest BCUT2D eigenvalue weighted by atomic mass is 32.2. The summed E-state index contributed by atoms with van der Waals surface area (Å²) in [7, 11) is -3.11. The van der Waals surface area contributed by atoms with Crippen molar-refractivity contribution < 1.29 is 13.2 Å². The molecule has 1 aromatic rings. The van der Waals surface area contributed by atoms with E-state index in [2.05, 4.69) is 5.32 Å². The third-order valence-electron chi connectivity index (χ3n) is 2.86. The molecule has 0 radical (unpaired) electrons. The van der Waals surface area contributed by atoms with Crippen LogP contribution in [-0.4, -0.2) is 20.1 Å². The second-order valence-electron chi connectivity index (χ2n) is 4.15. The number of sulfone groups is 1. The van der Waals surface area contributed by atoms with Crippen molar-refractivity contribution in [3.8, 4) is 0 Å². The van der Waals surface area contributed by atoms with Crippen molar-refractivity contribution in [1.29, 1.82) is 0 Å². The van der Waals surface area contributed by atoms with Crippen molar-refractivity contribution in [2.24, 2.45) is 0 Å². The number of fused-ring (bicyclic) bond motifs is 1. The molecule has 17 heavy (non-hydrogen) atoms. The zero-order chi connectivity index (χ0) is 12.5. The molecule has 1 aliphatic heterocycles. The zero-order valence-electron chi connectivity index (χ0n) is 9.69. The summed E-state index contributed by atoms with van der Waals surface area (Å²) in [5.41, 5.74) is 1.48. The van der Waals surface area contributed by atoms with Crippen LogP contribution in [0.25, 0.3) is 0 Å². The number of carbonyl (C=O) groups is 1. The fourth-order valence-corrected chi connectivity index (χ4v) is 3.55. The highest BCUT2D eigenvalue weighted by Crippen LogP contribution is 2.27. The minimum absolute atomic E-state index is 0.0661. The largest absolute Gasteiger partial charge is 0.326 e. The van der Waals surface area contributed by atoms with Crippen molar-refractivity contribution in [2.45, 2.75) is 31.1 Å². The standard InChI is InChI=1S/C12H15NO3S/c1-2-12(14)13-10-5-6-11-9(8-10)4-3-7-17(11,15)16/h5-6,8H,2-4,7H2,1H3,(H,13,14). The quantitative estimate of drug-likeness (QED) is 0.873. The number of aryl methyl sites for hydroxylation is 1. The first kappa shape index (κ1) is 12.1. The average Bonchev–Trinajstić information content (AvgIpc) is 2.28. The Hall–Kier alpha value is -1.36. The molecular weight excluding hydrogens is 238 g/mol. The van der Waals surface area contributed by atoms with E-state index in [1.54, 1.807) is 25.1 Å². The molecule has 1 aliphatic rings. The normalized spacial score (nSPS) is 17.2. The maximum Gasteiger partial charge on any atom is 0.224 e. The van der Waals surface area contributed by atoms with E-state index in [-0.39, 0.29) is 11.7 Å². The Morgan fingerprint density at radius 1 is 1.41 bits per heavy atom. The second-order valence-corrected chi connectivity index (χ2v) is 6.22. The average molecular weight is 253 g/mol. The summed E-state index contributed by atoms with van der Waals surface area (Å²) in [5.74, 6) is 0.157. The van der Waals surface area contributed by atoms with Gasteiger partial charge < -0.3 is 5.32 Å². The molecule has 1 aromatic carbocycles. The lowest BCUT2D eigenvalue weighted by atomic mass is 10.1. The van der Waals surface area contributed by atoms with Crippen molar-refractivity contribution >= 4 is 21.4 Å². The number of hydrogen-bond acceptors (Lipinski definition) is 3. The zero-order valence-corrected chi connectivity index (χ0v) is 10.5. The summed E-state index contributed by atoms with van der Waals surface area (Å²) >= 11 is 0. The molecule has 1 heterocycles. The first-order chi connectivity index (χ1) is 8.03. The minimum Gasteiger partial charge on any atom is -0.326 e. The smallest absolute Gasteiger partial charge is 0.224 e. The van der Waals surface area contributed by atoms with Gasteiger partial charge in [0.05, 0.1) is 10.6 Å². The van der Waals surface area contributed by atoms with Crippen molar-refractivity contribution in [3.05, 3.63) is 23.8 Å². The van der Waals surface area contributed by atoms with Crippen LogP contribution in [0.3, 0.4) is 0 Å². The van der Waals surface area contributed by atoms with Gasteiger partial charge in [0, 0.05) is 12.1 Å². The van der Waals surface area contributed by atoms with E-state index in [9.17, 15) is 13.2 Å². The van der Waals surface area contributed by atoms with Crippen LogP contribution in [0.2, 0.25) is 0 Å². The van der Waals surface area contributed by atoms with E-state index >= 15 is 0 Å². The molecule has 0 spiro atoms. The van der Waals surface area contributed by atoms with Gasteiger partial charge in [-0.25, -0.2) is 8.42 Å². The molecule has 0 aromatic heterocycles. The van der Waals surface area contributed by atoms with Gasteiger partial charge in [-0.2, -0.15) is 0 Å². The molecule has 0 bridgehead atoms. The summed E-state index contributed by atoms with van der Waals surface area (Å²) in [6, 6.07) is 5.00. The van der Waals surface area contributed by atoms with Crippen molar-refractivity contribution in [3.63, 3.8) is 0 Å². The van der Waals surface area contributed by atoms with E-state index < -0.39 is 9.84 Å². The van der Waals surface area contributed by atoms with Crippen LogP contribution in [0.1, 0.15) is 25.3 Å². The molecule has 0 saturated heterocycles. The van der Waals surface area contributed by atoms with Gasteiger partial charge in [0.25, 0.3) is 0 Å². The Bertz CT molecular complexity index is 549. The van der Waals surface area contributed by atoms with Gasteiger partial charge in [0.2, 0.25) is 5.91 Å². The lowest BCUT2D eigenvalue weighted by Gasteiger charge is -2.17. The summed E-state index contributed by atoms with van der Waals surface area (Å²) in [4.78, 5) is 11.7. The predicted molar refractivity (Wildman–Crippen MR) is 65.7 cm³/mol. The Kier molecular flexibility index (Phi) is 3.19. The topological polar surface area (TPSA) is 63.2 Å². The van der Waals surface area contributed by atoms with Crippen LogP contribution in [0.5, 0.6) is 0 Å². The van der Waals surface area contributed by atoms with Gasteiger partial charge in [-0.15, -0.1) is 0 Å². The van der Waals surface area contributed by atoms with Crippen LogP contribution in [0.4, 0.5) is 5.69 Å². The lowest BCUT2D eigenvalue weighted by Crippen LogP contribution is -2.17. The van der Waals surface area contributed by atoms with Crippen molar-refractivity contribution in [1.82, 2.24) is 0 Å².